The third-order valence-corrected chi connectivity index (χ3v) is 3.28. The van der Waals surface area contributed by atoms with Gasteiger partial charge >= 0.3 is 0 Å². The number of benzene rings is 1. The summed E-state index contributed by atoms with van der Waals surface area (Å²) in [5, 5.41) is 1.03. The third-order valence-electron chi connectivity index (χ3n) is 2.72. The van der Waals surface area contributed by atoms with Gasteiger partial charge in [0.1, 0.15) is 16.1 Å². The minimum atomic E-state index is -0.236. The molecule has 2 nitrogen and oxygen atoms in total. The zero-order valence-electron chi connectivity index (χ0n) is 8.54. The Hall–Kier alpha value is -1.42. The summed E-state index contributed by atoms with van der Waals surface area (Å²) in [4.78, 5) is 4.25. The highest BCUT2D eigenvalue weighted by Gasteiger charge is 2.08. The van der Waals surface area contributed by atoms with E-state index < -0.39 is 0 Å². The van der Waals surface area contributed by atoms with Gasteiger partial charge in [-0.05, 0) is 52.7 Å². The van der Waals surface area contributed by atoms with Crippen molar-refractivity contribution in [3.8, 4) is 0 Å². The number of nitrogens with zero attached hydrogens (tertiary/aromatic N) is 2. The number of halogens is 2. The maximum Gasteiger partial charge on any atom is 0.138 e. The van der Waals surface area contributed by atoms with Gasteiger partial charge in [-0.3, -0.25) is 4.40 Å². The van der Waals surface area contributed by atoms with Gasteiger partial charge in [-0.2, -0.15) is 0 Å². The van der Waals surface area contributed by atoms with E-state index in [9.17, 15) is 4.39 Å². The molecule has 80 valence electrons. The van der Waals surface area contributed by atoms with Crippen molar-refractivity contribution in [3.63, 3.8) is 0 Å². The number of imidazole rings is 1. The maximum absolute atomic E-state index is 13.3. The number of hydrogen-bond donors (Lipinski definition) is 0. The van der Waals surface area contributed by atoms with Gasteiger partial charge in [0.25, 0.3) is 0 Å². The molecule has 1 aromatic carbocycles. The van der Waals surface area contributed by atoms with E-state index in [4.69, 9.17) is 0 Å². The summed E-state index contributed by atoms with van der Waals surface area (Å²) in [5.74, 6) is -0.236. The van der Waals surface area contributed by atoms with Crippen LogP contribution in [0.3, 0.4) is 0 Å². The molecule has 0 radical (unpaired) electrons. The van der Waals surface area contributed by atoms with Gasteiger partial charge in [-0.1, -0.05) is 0 Å². The van der Waals surface area contributed by atoms with Crippen LogP contribution < -0.4 is 0 Å². The summed E-state index contributed by atoms with van der Waals surface area (Å²) in [6.07, 6.45) is 1.72. The van der Waals surface area contributed by atoms with Crippen molar-refractivity contribution < 1.29 is 4.39 Å². The van der Waals surface area contributed by atoms with E-state index in [0.29, 0.717) is 0 Å². The fourth-order valence-electron chi connectivity index (χ4n) is 1.98. The van der Waals surface area contributed by atoms with Crippen LogP contribution in [0.2, 0.25) is 0 Å². The number of fused-ring (bicyclic) bond motifs is 3. The highest BCUT2D eigenvalue weighted by molar-refractivity contribution is 9.10. The molecule has 0 unspecified atom stereocenters. The van der Waals surface area contributed by atoms with Gasteiger partial charge in [0.2, 0.25) is 0 Å². The standard InChI is InChI=1S/C12H8BrFN2/c1-7-4-12-15-6-11(13)16(12)10-5-8(14)2-3-9(7)10/h2-6H,1H3. The van der Waals surface area contributed by atoms with Crippen LogP contribution in [0.25, 0.3) is 16.6 Å². The van der Waals surface area contributed by atoms with E-state index >= 15 is 0 Å². The number of aryl methyl sites for hydroxylation is 1. The molecular formula is C12H8BrFN2. The second kappa shape index (κ2) is 3.28. The van der Waals surface area contributed by atoms with Crippen molar-refractivity contribution in [1.29, 1.82) is 0 Å². The highest BCUT2D eigenvalue weighted by atomic mass is 79.9. The Morgan fingerprint density at radius 1 is 1.31 bits per heavy atom. The lowest BCUT2D eigenvalue weighted by Crippen LogP contribution is -1.92. The largest absolute Gasteiger partial charge is 0.287 e. The molecule has 0 saturated heterocycles. The van der Waals surface area contributed by atoms with E-state index in [1.165, 1.54) is 12.1 Å². The van der Waals surface area contributed by atoms with E-state index in [-0.39, 0.29) is 5.82 Å². The lowest BCUT2D eigenvalue weighted by Gasteiger charge is -2.06. The van der Waals surface area contributed by atoms with Gasteiger partial charge in [-0.15, -0.1) is 0 Å². The molecule has 2 heterocycles. The molecule has 0 aliphatic rings. The molecule has 0 aliphatic heterocycles. The molecule has 4 heteroatoms. The first-order chi connectivity index (χ1) is 7.66. The quantitative estimate of drug-likeness (QED) is 0.613. The number of hydrogen-bond acceptors (Lipinski definition) is 1. The summed E-state index contributed by atoms with van der Waals surface area (Å²) in [5.41, 5.74) is 2.75. The fourth-order valence-corrected chi connectivity index (χ4v) is 2.45. The molecule has 0 aliphatic carbocycles. The molecule has 0 amide bonds. The SMILES string of the molecule is Cc1cc2ncc(Br)n2c2cc(F)ccc12. The van der Waals surface area contributed by atoms with E-state index in [1.54, 1.807) is 12.3 Å². The average molecular weight is 279 g/mol. The van der Waals surface area contributed by atoms with Crippen molar-refractivity contribution >= 4 is 32.5 Å². The molecule has 0 bridgehead atoms. The van der Waals surface area contributed by atoms with Gasteiger partial charge in [0, 0.05) is 5.39 Å². The number of rotatable bonds is 0. The zero-order chi connectivity index (χ0) is 11.3. The van der Waals surface area contributed by atoms with Crippen LogP contribution in [-0.2, 0) is 0 Å². The lowest BCUT2D eigenvalue weighted by atomic mass is 10.1. The van der Waals surface area contributed by atoms with Crippen molar-refractivity contribution in [1.82, 2.24) is 9.38 Å². The first-order valence-electron chi connectivity index (χ1n) is 4.88. The molecule has 3 rings (SSSR count). The smallest absolute Gasteiger partial charge is 0.138 e. The molecule has 0 fully saturated rings. The van der Waals surface area contributed by atoms with Crippen molar-refractivity contribution in [3.05, 3.63) is 46.4 Å². The first-order valence-corrected chi connectivity index (χ1v) is 5.68. The zero-order valence-corrected chi connectivity index (χ0v) is 10.1. The van der Waals surface area contributed by atoms with Crippen LogP contribution in [0, 0.1) is 12.7 Å². The van der Waals surface area contributed by atoms with Crippen molar-refractivity contribution in [2.24, 2.45) is 0 Å². The van der Waals surface area contributed by atoms with Crippen molar-refractivity contribution in [2.45, 2.75) is 6.92 Å². The Labute approximate surface area is 99.8 Å². The van der Waals surface area contributed by atoms with Crippen LogP contribution >= 0.6 is 15.9 Å². The molecule has 0 spiro atoms. The van der Waals surface area contributed by atoms with Crippen LogP contribution in [0.1, 0.15) is 5.56 Å². The lowest BCUT2D eigenvalue weighted by molar-refractivity contribution is 0.629. The Morgan fingerprint density at radius 3 is 2.94 bits per heavy atom. The predicted octanol–water partition coefficient (Wildman–Crippen LogP) is 3.70. The number of pyridine rings is 1. The topological polar surface area (TPSA) is 17.3 Å². The molecule has 0 saturated carbocycles. The molecule has 3 aromatic rings. The first kappa shape index (κ1) is 9.78. The highest BCUT2D eigenvalue weighted by Crippen LogP contribution is 2.25. The summed E-state index contributed by atoms with van der Waals surface area (Å²) in [7, 11) is 0. The second-order valence-corrected chi connectivity index (χ2v) is 4.58. The van der Waals surface area contributed by atoms with Crippen LogP contribution in [0.15, 0.2) is 35.1 Å². The van der Waals surface area contributed by atoms with Crippen LogP contribution in [0.4, 0.5) is 4.39 Å². The van der Waals surface area contributed by atoms with Gasteiger partial charge in [0.15, 0.2) is 0 Å². The van der Waals surface area contributed by atoms with E-state index in [2.05, 4.69) is 20.9 Å². The number of aromatic nitrogens is 2. The van der Waals surface area contributed by atoms with Crippen LogP contribution in [-0.4, -0.2) is 9.38 Å². The molecule has 16 heavy (non-hydrogen) atoms. The Morgan fingerprint density at radius 2 is 2.12 bits per heavy atom. The third kappa shape index (κ3) is 1.26. The Bertz CT molecular complexity index is 703. The summed E-state index contributed by atoms with van der Waals surface area (Å²) in [6, 6.07) is 6.80. The minimum absolute atomic E-state index is 0.236. The van der Waals surface area contributed by atoms with E-state index in [0.717, 1.165) is 26.7 Å². The average Bonchev–Trinajstić information content (AvgIpc) is 2.60. The van der Waals surface area contributed by atoms with E-state index in [1.807, 2.05) is 17.4 Å². The van der Waals surface area contributed by atoms with Gasteiger partial charge in [-0.25, -0.2) is 9.37 Å². The molecule has 2 aromatic heterocycles. The second-order valence-electron chi connectivity index (χ2n) is 3.76. The summed E-state index contributed by atoms with van der Waals surface area (Å²) in [6.45, 7) is 2.00. The summed E-state index contributed by atoms with van der Waals surface area (Å²) < 4.78 is 16.0. The Kier molecular flexibility index (Phi) is 2.01. The van der Waals surface area contributed by atoms with Crippen LogP contribution in [0.5, 0.6) is 0 Å². The minimum Gasteiger partial charge on any atom is -0.287 e. The predicted molar refractivity (Wildman–Crippen MR) is 65.1 cm³/mol. The Balaban J connectivity index is 2.64. The monoisotopic (exact) mass is 278 g/mol. The van der Waals surface area contributed by atoms with Crippen molar-refractivity contribution in [2.75, 3.05) is 0 Å². The molecule has 0 N–H and O–H groups in total. The van der Waals surface area contributed by atoms with Gasteiger partial charge in [0.05, 0.1) is 11.7 Å². The normalized spacial score (nSPS) is 11.4. The fraction of sp³-hybridized carbons (Fsp3) is 0.0833. The summed E-state index contributed by atoms with van der Waals surface area (Å²) >= 11 is 3.42. The van der Waals surface area contributed by atoms with Gasteiger partial charge < -0.3 is 0 Å². The maximum atomic E-state index is 13.3. The molecular weight excluding hydrogens is 271 g/mol. The molecule has 0 atom stereocenters.